The SMILES string of the molecule is Cc1cccc(NC(=O)c2ccnc(NCCN(C)C)n2)c1. The van der Waals surface area contributed by atoms with Crippen LogP contribution in [0.4, 0.5) is 11.6 Å². The number of aryl methyl sites for hydroxylation is 1. The molecule has 6 nitrogen and oxygen atoms in total. The molecule has 0 aliphatic rings. The Kier molecular flexibility index (Phi) is 5.43. The summed E-state index contributed by atoms with van der Waals surface area (Å²) in [6.45, 7) is 3.56. The number of hydrogen-bond acceptors (Lipinski definition) is 5. The van der Waals surface area contributed by atoms with Gasteiger partial charge in [0.2, 0.25) is 5.95 Å². The van der Waals surface area contributed by atoms with Gasteiger partial charge in [-0.3, -0.25) is 4.79 Å². The Hall–Kier alpha value is -2.47. The molecule has 2 rings (SSSR count). The van der Waals surface area contributed by atoms with E-state index in [0.717, 1.165) is 24.3 Å². The van der Waals surface area contributed by atoms with E-state index in [0.29, 0.717) is 11.6 Å². The molecule has 0 saturated heterocycles. The van der Waals surface area contributed by atoms with Crippen LogP contribution >= 0.6 is 0 Å². The molecule has 0 bridgehead atoms. The molecule has 0 saturated carbocycles. The van der Waals surface area contributed by atoms with E-state index in [2.05, 4.69) is 25.5 Å². The Labute approximate surface area is 130 Å². The molecule has 0 fully saturated rings. The van der Waals surface area contributed by atoms with E-state index in [1.165, 1.54) is 0 Å². The van der Waals surface area contributed by atoms with Gasteiger partial charge in [-0.25, -0.2) is 9.97 Å². The van der Waals surface area contributed by atoms with Gasteiger partial charge in [-0.15, -0.1) is 0 Å². The summed E-state index contributed by atoms with van der Waals surface area (Å²) in [5, 5.41) is 5.94. The quantitative estimate of drug-likeness (QED) is 0.854. The third kappa shape index (κ3) is 4.82. The van der Waals surface area contributed by atoms with Gasteiger partial charge in [0.25, 0.3) is 5.91 Å². The highest BCUT2D eigenvalue weighted by Gasteiger charge is 2.09. The van der Waals surface area contributed by atoms with E-state index in [1.807, 2.05) is 45.3 Å². The average Bonchev–Trinajstić information content (AvgIpc) is 2.47. The fourth-order valence-electron chi connectivity index (χ4n) is 1.88. The minimum atomic E-state index is -0.247. The molecule has 0 spiro atoms. The van der Waals surface area contributed by atoms with Crippen LogP contribution in [0.5, 0.6) is 0 Å². The van der Waals surface area contributed by atoms with E-state index in [1.54, 1.807) is 12.3 Å². The molecule has 1 heterocycles. The molecule has 2 aromatic rings. The average molecular weight is 299 g/mol. The van der Waals surface area contributed by atoms with Crippen LogP contribution in [0.3, 0.4) is 0 Å². The second-order valence-corrected chi connectivity index (χ2v) is 5.32. The third-order valence-corrected chi connectivity index (χ3v) is 3.01. The van der Waals surface area contributed by atoms with E-state index >= 15 is 0 Å². The van der Waals surface area contributed by atoms with Crippen molar-refractivity contribution in [1.82, 2.24) is 14.9 Å². The highest BCUT2D eigenvalue weighted by molar-refractivity contribution is 6.02. The molecule has 1 amide bonds. The number of amides is 1. The van der Waals surface area contributed by atoms with Crippen LogP contribution in [0.25, 0.3) is 0 Å². The Bertz CT molecular complexity index is 642. The standard InChI is InChI=1S/C16H21N5O/c1-12-5-4-6-13(11-12)19-15(22)14-7-8-17-16(20-14)18-9-10-21(2)3/h4-8,11H,9-10H2,1-3H3,(H,19,22)(H,17,18,20). The van der Waals surface area contributed by atoms with Gasteiger partial charge in [0.05, 0.1) is 0 Å². The number of benzene rings is 1. The lowest BCUT2D eigenvalue weighted by Crippen LogP contribution is -2.22. The van der Waals surface area contributed by atoms with Gasteiger partial charge >= 0.3 is 0 Å². The van der Waals surface area contributed by atoms with Gasteiger partial charge in [0, 0.05) is 25.0 Å². The zero-order valence-corrected chi connectivity index (χ0v) is 13.1. The lowest BCUT2D eigenvalue weighted by molar-refractivity contribution is 0.102. The second-order valence-electron chi connectivity index (χ2n) is 5.32. The monoisotopic (exact) mass is 299 g/mol. The first-order valence-corrected chi connectivity index (χ1v) is 7.14. The van der Waals surface area contributed by atoms with E-state index in [9.17, 15) is 4.79 Å². The summed E-state index contributed by atoms with van der Waals surface area (Å²) >= 11 is 0. The third-order valence-electron chi connectivity index (χ3n) is 3.01. The first-order chi connectivity index (χ1) is 10.5. The maximum absolute atomic E-state index is 12.2. The van der Waals surface area contributed by atoms with E-state index in [-0.39, 0.29) is 5.91 Å². The molecular weight excluding hydrogens is 278 g/mol. The molecule has 0 unspecified atom stereocenters. The van der Waals surface area contributed by atoms with Gasteiger partial charge in [-0.05, 0) is 44.8 Å². The van der Waals surface area contributed by atoms with Crippen molar-refractivity contribution in [3.63, 3.8) is 0 Å². The van der Waals surface area contributed by atoms with Crippen LogP contribution < -0.4 is 10.6 Å². The van der Waals surface area contributed by atoms with Crippen molar-refractivity contribution in [1.29, 1.82) is 0 Å². The molecule has 0 aliphatic carbocycles. The van der Waals surface area contributed by atoms with Gasteiger partial charge in [-0.2, -0.15) is 0 Å². The lowest BCUT2D eigenvalue weighted by Gasteiger charge is -2.11. The topological polar surface area (TPSA) is 70.2 Å². The Morgan fingerprint density at radius 3 is 2.82 bits per heavy atom. The Balaban J connectivity index is 2.00. The summed E-state index contributed by atoms with van der Waals surface area (Å²) in [6.07, 6.45) is 1.58. The first-order valence-electron chi connectivity index (χ1n) is 7.14. The molecule has 0 aliphatic heterocycles. The van der Waals surface area contributed by atoms with Gasteiger partial charge in [0.1, 0.15) is 5.69 Å². The van der Waals surface area contributed by atoms with Crippen molar-refractivity contribution in [3.05, 3.63) is 47.8 Å². The van der Waals surface area contributed by atoms with Gasteiger partial charge < -0.3 is 15.5 Å². The zero-order chi connectivity index (χ0) is 15.9. The second kappa shape index (κ2) is 7.51. The predicted molar refractivity (Wildman–Crippen MR) is 88.2 cm³/mol. The van der Waals surface area contributed by atoms with Crippen molar-refractivity contribution in [2.24, 2.45) is 0 Å². The molecule has 22 heavy (non-hydrogen) atoms. The molecule has 6 heteroatoms. The van der Waals surface area contributed by atoms with Gasteiger partial charge in [-0.1, -0.05) is 12.1 Å². The Morgan fingerprint density at radius 2 is 2.09 bits per heavy atom. The minimum absolute atomic E-state index is 0.247. The van der Waals surface area contributed by atoms with Gasteiger partial charge in [0.15, 0.2) is 0 Å². The molecule has 2 N–H and O–H groups in total. The summed E-state index contributed by atoms with van der Waals surface area (Å²) in [6, 6.07) is 9.24. The highest BCUT2D eigenvalue weighted by atomic mass is 16.1. The van der Waals surface area contributed by atoms with Crippen molar-refractivity contribution in [3.8, 4) is 0 Å². The molecular formula is C16H21N5O. The van der Waals surface area contributed by atoms with Crippen LogP contribution in [0.2, 0.25) is 0 Å². The smallest absolute Gasteiger partial charge is 0.274 e. The predicted octanol–water partition coefficient (Wildman–Crippen LogP) is 2.01. The number of rotatable bonds is 6. The molecule has 1 aromatic carbocycles. The summed E-state index contributed by atoms with van der Waals surface area (Å²) in [7, 11) is 3.99. The molecule has 0 atom stereocenters. The maximum Gasteiger partial charge on any atom is 0.274 e. The largest absolute Gasteiger partial charge is 0.353 e. The fourth-order valence-corrected chi connectivity index (χ4v) is 1.88. The normalized spacial score (nSPS) is 10.5. The highest BCUT2D eigenvalue weighted by Crippen LogP contribution is 2.11. The number of aromatic nitrogens is 2. The van der Waals surface area contributed by atoms with Crippen LogP contribution in [-0.2, 0) is 0 Å². The first kappa shape index (κ1) is 15.9. The van der Waals surface area contributed by atoms with Crippen LogP contribution in [0.1, 0.15) is 16.1 Å². The van der Waals surface area contributed by atoms with Crippen molar-refractivity contribution < 1.29 is 4.79 Å². The number of hydrogen-bond donors (Lipinski definition) is 2. The minimum Gasteiger partial charge on any atom is -0.353 e. The maximum atomic E-state index is 12.2. The summed E-state index contributed by atoms with van der Waals surface area (Å²) in [4.78, 5) is 22.6. The van der Waals surface area contributed by atoms with Crippen molar-refractivity contribution in [2.45, 2.75) is 6.92 Å². The molecule has 1 aromatic heterocycles. The van der Waals surface area contributed by atoms with Crippen molar-refractivity contribution >= 4 is 17.5 Å². The van der Waals surface area contributed by atoms with Crippen LogP contribution in [0.15, 0.2) is 36.5 Å². The Morgan fingerprint density at radius 1 is 1.27 bits per heavy atom. The number of carbonyl (C=O) groups is 1. The lowest BCUT2D eigenvalue weighted by atomic mass is 10.2. The number of nitrogens with one attached hydrogen (secondary N) is 2. The number of likely N-dealkylation sites (N-methyl/N-ethyl adjacent to an activating group) is 1. The van der Waals surface area contributed by atoms with E-state index in [4.69, 9.17) is 0 Å². The van der Waals surface area contributed by atoms with Crippen molar-refractivity contribution in [2.75, 3.05) is 37.8 Å². The summed E-state index contributed by atoms with van der Waals surface area (Å²) in [5.41, 5.74) is 2.18. The molecule has 0 radical (unpaired) electrons. The number of anilines is 2. The zero-order valence-electron chi connectivity index (χ0n) is 13.1. The van der Waals surface area contributed by atoms with E-state index < -0.39 is 0 Å². The van der Waals surface area contributed by atoms with Crippen LogP contribution in [-0.4, -0.2) is 48.0 Å². The number of carbonyl (C=O) groups excluding carboxylic acids is 1. The number of nitrogens with zero attached hydrogens (tertiary/aromatic N) is 3. The molecule has 116 valence electrons. The summed E-state index contributed by atoms with van der Waals surface area (Å²) in [5.74, 6) is 0.211. The summed E-state index contributed by atoms with van der Waals surface area (Å²) < 4.78 is 0. The fraction of sp³-hybridized carbons (Fsp3) is 0.312. The van der Waals surface area contributed by atoms with Crippen LogP contribution in [0, 0.1) is 6.92 Å².